The van der Waals surface area contributed by atoms with Crippen molar-refractivity contribution >= 4 is 17.2 Å². The smallest absolute Gasteiger partial charge is 0.330 e. The lowest BCUT2D eigenvalue weighted by atomic mass is 10.1. The highest BCUT2D eigenvalue weighted by molar-refractivity contribution is 7.09. The van der Waals surface area contributed by atoms with Crippen LogP contribution >= 0.6 is 11.3 Å². The predicted octanol–water partition coefficient (Wildman–Crippen LogP) is 2.45. The second kappa shape index (κ2) is 6.31. The summed E-state index contributed by atoms with van der Waals surface area (Å²) in [6, 6.07) is -0.418. The second-order valence-corrected chi connectivity index (χ2v) is 6.23. The van der Waals surface area contributed by atoms with Crippen LogP contribution in [0.15, 0.2) is 5.38 Å². The van der Waals surface area contributed by atoms with E-state index in [9.17, 15) is 18.0 Å². The molecule has 1 aromatic heterocycles. The fourth-order valence-electron chi connectivity index (χ4n) is 2.22. The Kier molecular flexibility index (Phi) is 4.88. The minimum atomic E-state index is -4.41. The largest absolute Gasteiger partial charge is 0.406 e. The van der Waals surface area contributed by atoms with Gasteiger partial charge in [-0.3, -0.25) is 4.79 Å². The van der Waals surface area contributed by atoms with E-state index in [1.54, 1.807) is 6.92 Å². The molecule has 118 valence electrons. The fourth-order valence-corrected chi connectivity index (χ4v) is 3.01. The first kappa shape index (κ1) is 16.2. The summed E-state index contributed by atoms with van der Waals surface area (Å²) in [5.41, 5.74) is 5.49. The standard InChI is InChI=1S/C13H18F3N3OS/c1-8(9-2-3-9)19(7-13(14,15)16)12(20)10-6-21-11(18-10)4-5-17/h6,8-9H,2-5,7,17H2,1H3. The number of alkyl halides is 3. The molecule has 1 aliphatic carbocycles. The summed E-state index contributed by atoms with van der Waals surface area (Å²) in [4.78, 5) is 17.3. The van der Waals surface area contributed by atoms with Gasteiger partial charge in [-0.1, -0.05) is 0 Å². The van der Waals surface area contributed by atoms with Gasteiger partial charge >= 0.3 is 6.18 Å². The molecule has 0 spiro atoms. The third-order valence-electron chi connectivity index (χ3n) is 3.54. The van der Waals surface area contributed by atoms with Crippen LogP contribution in [0.25, 0.3) is 0 Å². The molecule has 21 heavy (non-hydrogen) atoms. The SMILES string of the molecule is CC(C1CC1)N(CC(F)(F)F)C(=O)c1csc(CCN)n1. The number of amides is 1. The average molecular weight is 321 g/mol. The van der Waals surface area contributed by atoms with Gasteiger partial charge in [0.2, 0.25) is 0 Å². The van der Waals surface area contributed by atoms with Crippen LogP contribution < -0.4 is 5.73 Å². The molecule has 1 heterocycles. The maximum atomic E-state index is 12.7. The summed E-state index contributed by atoms with van der Waals surface area (Å²) in [5.74, 6) is -0.482. The lowest BCUT2D eigenvalue weighted by Gasteiger charge is -2.29. The molecule has 0 aromatic carbocycles. The molecule has 1 aliphatic rings. The van der Waals surface area contributed by atoms with Gasteiger partial charge in [0.05, 0.1) is 5.01 Å². The number of carbonyl (C=O) groups is 1. The van der Waals surface area contributed by atoms with Crippen LogP contribution in [0.2, 0.25) is 0 Å². The van der Waals surface area contributed by atoms with Crippen LogP contribution in [0, 0.1) is 5.92 Å². The number of nitrogens with two attached hydrogens (primary N) is 1. The van der Waals surface area contributed by atoms with Gasteiger partial charge in [-0.25, -0.2) is 4.98 Å². The first-order valence-electron chi connectivity index (χ1n) is 6.84. The summed E-state index contributed by atoms with van der Waals surface area (Å²) in [7, 11) is 0. The Balaban J connectivity index is 2.15. The summed E-state index contributed by atoms with van der Waals surface area (Å²) in [5, 5.41) is 2.18. The van der Waals surface area contributed by atoms with Gasteiger partial charge in [0.1, 0.15) is 12.2 Å². The van der Waals surface area contributed by atoms with E-state index in [0.29, 0.717) is 18.0 Å². The van der Waals surface area contributed by atoms with Crippen molar-refractivity contribution in [3.63, 3.8) is 0 Å². The quantitative estimate of drug-likeness (QED) is 0.875. The van der Waals surface area contributed by atoms with Gasteiger partial charge < -0.3 is 10.6 Å². The summed E-state index contributed by atoms with van der Waals surface area (Å²) >= 11 is 1.25. The zero-order valence-corrected chi connectivity index (χ0v) is 12.5. The minimum absolute atomic E-state index is 0.0835. The van der Waals surface area contributed by atoms with Gasteiger partial charge in [0.15, 0.2) is 0 Å². The van der Waals surface area contributed by atoms with Crippen LogP contribution in [-0.2, 0) is 6.42 Å². The zero-order chi connectivity index (χ0) is 15.6. The lowest BCUT2D eigenvalue weighted by molar-refractivity contribution is -0.144. The number of aromatic nitrogens is 1. The highest BCUT2D eigenvalue weighted by Gasteiger charge is 2.41. The molecule has 1 aromatic rings. The Morgan fingerprint density at radius 3 is 2.76 bits per heavy atom. The Labute approximate surface area is 125 Å². The van der Waals surface area contributed by atoms with Crippen molar-refractivity contribution in [3.8, 4) is 0 Å². The highest BCUT2D eigenvalue weighted by atomic mass is 32.1. The first-order chi connectivity index (χ1) is 9.81. The molecule has 4 nitrogen and oxygen atoms in total. The van der Waals surface area contributed by atoms with Crippen LogP contribution in [0.4, 0.5) is 13.2 Å². The normalized spacial score (nSPS) is 16.8. The predicted molar refractivity (Wildman–Crippen MR) is 74.1 cm³/mol. The van der Waals surface area contributed by atoms with Gasteiger partial charge in [0, 0.05) is 17.8 Å². The number of hydrogen-bond donors (Lipinski definition) is 1. The van der Waals surface area contributed by atoms with E-state index in [2.05, 4.69) is 4.98 Å². The molecular formula is C13H18F3N3OS. The molecule has 1 unspecified atom stereocenters. The van der Waals surface area contributed by atoms with E-state index in [-0.39, 0.29) is 11.6 Å². The zero-order valence-electron chi connectivity index (χ0n) is 11.7. The van der Waals surface area contributed by atoms with Gasteiger partial charge in [-0.05, 0) is 32.2 Å². The maximum absolute atomic E-state index is 12.7. The average Bonchev–Trinajstić information content (AvgIpc) is 3.14. The summed E-state index contributed by atoms with van der Waals surface area (Å²) in [6.45, 7) is 0.841. The van der Waals surface area contributed by atoms with E-state index in [1.807, 2.05) is 0 Å². The minimum Gasteiger partial charge on any atom is -0.330 e. The molecule has 0 bridgehead atoms. The molecule has 1 atom stereocenters. The van der Waals surface area contributed by atoms with Crippen LogP contribution in [-0.4, -0.2) is 41.1 Å². The molecular weight excluding hydrogens is 303 g/mol. The Morgan fingerprint density at radius 1 is 1.57 bits per heavy atom. The topological polar surface area (TPSA) is 59.2 Å². The summed E-state index contributed by atoms with van der Waals surface area (Å²) < 4.78 is 38.2. The van der Waals surface area contributed by atoms with Crippen LogP contribution in [0.1, 0.15) is 35.3 Å². The van der Waals surface area contributed by atoms with Crippen molar-refractivity contribution in [1.29, 1.82) is 0 Å². The number of carbonyl (C=O) groups excluding carboxylic acids is 1. The third kappa shape index (κ3) is 4.41. The molecule has 2 N–H and O–H groups in total. The number of nitrogens with zero attached hydrogens (tertiary/aromatic N) is 2. The molecule has 1 saturated carbocycles. The number of rotatable bonds is 6. The molecule has 0 radical (unpaired) electrons. The number of thiazole rings is 1. The first-order valence-corrected chi connectivity index (χ1v) is 7.72. The molecule has 0 aliphatic heterocycles. The van der Waals surface area contributed by atoms with E-state index in [0.717, 1.165) is 17.7 Å². The van der Waals surface area contributed by atoms with E-state index in [4.69, 9.17) is 5.73 Å². The Morgan fingerprint density at radius 2 is 2.24 bits per heavy atom. The molecule has 1 fully saturated rings. The van der Waals surface area contributed by atoms with Crippen LogP contribution in [0.3, 0.4) is 0 Å². The van der Waals surface area contributed by atoms with E-state index < -0.39 is 24.7 Å². The lowest BCUT2D eigenvalue weighted by Crippen LogP contribution is -2.45. The van der Waals surface area contributed by atoms with Crippen LogP contribution in [0.5, 0.6) is 0 Å². The van der Waals surface area contributed by atoms with Crippen molar-refractivity contribution in [2.45, 2.75) is 38.4 Å². The fraction of sp³-hybridized carbons (Fsp3) is 0.692. The van der Waals surface area contributed by atoms with Crippen molar-refractivity contribution < 1.29 is 18.0 Å². The van der Waals surface area contributed by atoms with Gasteiger partial charge in [-0.15, -0.1) is 11.3 Å². The van der Waals surface area contributed by atoms with Crippen molar-refractivity contribution in [2.75, 3.05) is 13.1 Å². The Hall–Kier alpha value is -1.15. The molecule has 0 saturated heterocycles. The summed E-state index contributed by atoms with van der Waals surface area (Å²) in [6.07, 6.45) is -2.14. The second-order valence-electron chi connectivity index (χ2n) is 5.29. The Bertz CT molecular complexity index is 499. The van der Waals surface area contributed by atoms with Gasteiger partial charge in [0.25, 0.3) is 5.91 Å². The molecule has 1 amide bonds. The molecule has 8 heteroatoms. The highest BCUT2D eigenvalue weighted by Crippen LogP contribution is 2.36. The van der Waals surface area contributed by atoms with Crippen molar-refractivity contribution in [1.82, 2.24) is 9.88 Å². The van der Waals surface area contributed by atoms with Gasteiger partial charge in [-0.2, -0.15) is 13.2 Å². The monoisotopic (exact) mass is 321 g/mol. The number of halogens is 3. The number of hydrogen-bond acceptors (Lipinski definition) is 4. The van der Waals surface area contributed by atoms with E-state index >= 15 is 0 Å². The van der Waals surface area contributed by atoms with E-state index in [1.165, 1.54) is 16.7 Å². The van der Waals surface area contributed by atoms with Crippen molar-refractivity contribution in [2.24, 2.45) is 11.7 Å². The maximum Gasteiger partial charge on any atom is 0.406 e. The molecule has 2 rings (SSSR count). The third-order valence-corrected chi connectivity index (χ3v) is 4.44. The van der Waals surface area contributed by atoms with Crippen molar-refractivity contribution in [3.05, 3.63) is 16.1 Å².